The summed E-state index contributed by atoms with van der Waals surface area (Å²) in [6.45, 7) is 3.41. The summed E-state index contributed by atoms with van der Waals surface area (Å²) in [5.41, 5.74) is 5.25. The summed E-state index contributed by atoms with van der Waals surface area (Å²) in [7, 11) is 0. The third-order valence-electron chi connectivity index (χ3n) is 5.79. The number of alkyl halides is 1. The Morgan fingerprint density at radius 1 is 1.07 bits per heavy atom. The average molecular weight is 367 g/mol. The second-order valence-corrected chi connectivity index (χ2v) is 7.33. The van der Waals surface area contributed by atoms with Crippen LogP contribution in [0.3, 0.4) is 0 Å². The van der Waals surface area contributed by atoms with Gasteiger partial charge in [0.15, 0.2) is 5.75 Å². The summed E-state index contributed by atoms with van der Waals surface area (Å²) in [6.07, 6.45) is 1.58. The van der Waals surface area contributed by atoms with Crippen molar-refractivity contribution >= 4 is 11.0 Å². The molecular formula is C20H22FN5O. The summed E-state index contributed by atoms with van der Waals surface area (Å²) in [5, 5.41) is 8.45. The van der Waals surface area contributed by atoms with Gasteiger partial charge in [0, 0.05) is 12.5 Å². The lowest BCUT2D eigenvalue weighted by atomic mass is 9.84. The van der Waals surface area contributed by atoms with Crippen molar-refractivity contribution in [3.63, 3.8) is 0 Å². The van der Waals surface area contributed by atoms with Gasteiger partial charge in [0.2, 0.25) is 5.79 Å². The predicted molar refractivity (Wildman–Crippen MR) is 99.7 cm³/mol. The van der Waals surface area contributed by atoms with Gasteiger partial charge in [-0.3, -0.25) is 0 Å². The Morgan fingerprint density at radius 3 is 2.74 bits per heavy atom. The molecule has 1 N–H and O–H groups in total. The number of para-hydroxylation sites is 2. The highest BCUT2D eigenvalue weighted by atomic mass is 19.1. The molecule has 0 amide bonds. The first-order chi connectivity index (χ1) is 13.2. The number of fused-ring (bicyclic) bond motifs is 2. The molecular weight excluding hydrogens is 345 g/mol. The number of nitrogens with one attached hydrogen (secondary N) is 1. The van der Waals surface area contributed by atoms with Crippen LogP contribution in [0, 0.1) is 5.92 Å². The van der Waals surface area contributed by atoms with Crippen molar-refractivity contribution < 1.29 is 9.23 Å². The normalized spacial score (nSPS) is 23.4. The highest BCUT2D eigenvalue weighted by Crippen LogP contribution is 2.45. The van der Waals surface area contributed by atoms with E-state index in [0.717, 1.165) is 50.1 Å². The van der Waals surface area contributed by atoms with E-state index in [1.54, 1.807) is 6.07 Å². The summed E-state index contributed by atoms with van der Waals surface area (Å²) >= 11 is 0. The van der Waals surface area contributed by atoms with Gasteiger partial charge in [-0.1, -0.05) is 35.5 Å². The molecule has 2 aliphatic rings. The number of halogens is 1. The molecule has 0 saturated carbocycles. The summed E-state index contributed by atoms with van der Waals surface area (Å²) in [6, 6.07) is 15.3. The van der Waals surface area contributed by atoms with Crippen LogP contribution in [0.4, 0.5) is 4.39 Å². The second-order valence-electron chi connectivity index (χ2n) is 7.33. The Hall–Kier alpha value is -2.51. The summed E-state index contributed by atoms with van der Waals surface area (Å²) < 4.78 is 17.6. The van der Waals surface area contributed by atoms with Gasteiger partial charge in [-0.05, 0) is 44.1 Å². The van der Waals surface area contributed by atoms with Crippen LogP contribution in [0.5, 0.6) is 5.75 Å². The Kier molecular flexibility index (Phi) is 4.06. The van der Waals surface area contributed by atoms with Gasteiger partial charge in [0.05, 0.1) is 17.6 Å². The SMILES string of the molecule is FC1(C2CCN(CCn3nnc4ccccc43)CC2)NOc2ccccc21. The topological polar surface area (TPSA) is 55.2 Å². The van der Waals surface area contributed by atoms with E-state index in [1.807, 2.05) is 47.1 Å². The van der Waals surface area contributed by atoms with Crippen molar-refractivity contribution in [2.75, 3.05) is 19.6 Å². The van der Waals surface area contributed by atoms with Crippen molar-refractivity contribution in [3.05, 3.63) is 54.1 Å². The minimum Gasteiger partial charge on any atom is -0.405 e. The van der Waals surface area contributed by atoms with E-state index in [0.29, 0.717) is 11.3 Å². The molecule has 0 bridgehead atoms. The molecule has 1 unspecified atom stereocenters. The molecule has 0 aliphatic carbocycles. The molecule has 1 saturated heterocycles. The minimum absolute atomic E-state index is 0.0930. The predicted octanol–water partition coefficient (Wildman–Crippen LogP) is 2.86. The molecule has 3 heterocycles. The third kappa shape index (κ3) is 2.87. The van der Waals surface area contributed by atoms with Crippen LogP contribution in [0.15, 0.2) is 48.5 Å². The van der Waals surface area contributed by atoms with Crippen molar-refractivity contribution in [2.45, 2.75) is 25.2 Å². The smallest absolute Gasteiger partial charge is 0.224 e. The summed E-state index contributed by atoms with van der Waals surface area (Å²) in [4.78, 5) is 7.75. The lowest BCUT2D eigenvalue weighted by Crippen LogP contribution is -2.47. The van der Waals surface area contributed by atoms with Crippen LogP contribution in [-0.2, 0) is 12.3 Å². The molecule has 5 rings (SSSR count). The van der Waals surface area contributed by atoms with Gasteiger partial charge < -0.3 is 9.74 Å². The highest BCUT2D eigenvalue weighted by Gasteiger charge is 2.48. The number of nitrogens with zero attached hydrogens (tertiary/aromatic N) is 4. The van der Waals surface area contributed by atoms with Gasteiger partial charge in [0.25, 0.3) is 0 Å². The molecule has 1 aromatic heterocycles. The van der Waals surface area contributed by atoms with E-state index in [4.69, 9.17) is 4.84 Å². The van der Waals surface area contributed by atoms with E-state index in [2.05, 4.69) is 20.7 Å². The molecule has 6 nitrogen and oxygen atoms in total. The molecule has 2 aromatic carbocycles. The Balaban J connectivity index is 1.21. The van der Waals surface area contributed by atoms with Crippen LogP contribution >= 0.6 is 0 Å². The second kappa shape index (κ2) is 6.58. The van der Waals surface area contributed by atoms with Crippen molar-refractivity contribution in [2.24, 2.45) is 5.92 Å². The fraction of sp³-hybridized carbons (Fsp3) is 0.400. The first-order valence-electron chi connectivity index (χ1n) is 9.47. The summed E-state index contributed by atoms with van der Waals surface area (Å²) in [5.74, 6) is -1.09. The average Bonchev–Trinajstić information content (AvgIpc) is 3.29. The Morgan fingerprint density at radius 2 is 1.85 bits per heavy atom. The maximum atomic E-state index is 15.6. The van der Waals surface area contributed by atoms with Gasteiger partial charge in [-0.25, -0.2) is 9.07 Å². The lowest BCUT2D eigenvalue weighted by Gasteiger charge is -2.37. The third-order valence-corrected chi connectivity index (χ3v) is 5.79. The van der Waals surface area contributed by atoms with E-state index >= 15 is 4.39 Å². The number of hydrogen-bond acceptors (Lipinski definition) is 5. The minimum atomic E-state index is -1.59. The molecule has 0 spiro atoms. The van der Waals surface area contributed by atoms with Crippen LogP contribution in [0.25, 0.3) is 11.0 Å². The van der Waals surface area contributed by atoms with Crippen LogP contribution in [0.2, 0.25) is 0 Å². The molecule has 1 atom stereocenters. The van der Waals surface area contributed by atoms with Crippen LogP contribution < -0.4 is 10.3 Å². The molecule has 0 radical (unpaired) electrons. The first kappa shape index (κ1) is 16.6. The molecule has 7 heteroatoms. The van der Waals surface area contributed by atoms with Crippen molar-refractivity contribution in [1.82, 2.24) is 25.4 Å². The quantitative estimate of drug-likeness (QED) is 0.719. The van der Waals surface area contributed by atoms with Crippen LogP contribution in [-0.4, -0.2) is 39.5 Å². The van der Waals surface area contributed by atoms with Gasteiger partial charge in [-0.2, -0.15) is 0 Å². The number of hydrogen-bond donors (Lipinski definition) is 1. The standard InChI is InChI=1S/C20H22FN5O/c21-20(16-5-1-4-8-19(16)27-23-20)15-9-11-25(12-10-15)13-14-26-18-7-3-2-6-17(18)22-24-26/h1-8,15,23H,9-14H2. The number of aromatic nitrogens is 3. The Bertz CT molecular complexity index is 952. The van der Waals surface area contributed by atoms with E-state index in [1.165, 1.54) is 0 Å². The highest BCUT2D eigenvalue weighted by molar-refractivity contribution is 5.73. The van der Waals surface area contributed by atoms with Gasteiger partial charge in [0.1, 0.15) is 5.52 Å². The number of hydroxylamine groups is 1. The lowest BCUT2D eigenvalue weighted by molar-refractivity contribution is -0.0504. The molecule has 140 valence electrons. The molecule has 3 aromatic rings. The van der Waals surface area contributed by atoms with E-state index < -0.39 is 5.79 Å². The Labute approximate surface area is 156 Å². The molecule has 1 fully saturated rings. The first-order valence-corrected chi connectivity index (χ1v) is 9.47. The molecule has 27 heavy (non-hydrogen) atoms. The maximum absolute atomic E-state index is 15.6. The van der Waals surface area contributed by atoms with Gasteiger partial charge >= 0.3 is 0 Å². The zero-order valence-electron chi connectivity index (χ0n) is 15.0. The fourth-order valence-corrected chi connectivity index (χ4v) is 4.22. The maximum Gasteiger partial charge on any atom is 0.224 e. The van der Waals surface area contributed by atoms with Crippen LogP contribution in [0.1, 0.15) is 18.4 Å². The zero-order valence-corrected chi connectivity index (χ0v) is 15.0. The zero-order chi connectivity index (χ0) is 18.3. The number of likely N-dealkylation sites (tertiary alicyclic amines) is 1. The number of benzene rings is 2. The monoisotopic (exact) mass is 367 g/mol. The van der Waals surface area contributed by atoms with Crippen molar-refractivity contribution in [3.8, 4) is 5.75 Å². The number of rotatable bonds is 4. The molecule has 2 aliphatic heterocycles. The van der Waals surface area contributed by atoms with E-state index in [9.17, 15) is 0 Å². The van der Waals surface area contributed by atoms with Crippen molar-refractivity contribution in [1.29, 1.82) is 0 Å². The van der Waals surface area contributed by atoms with Gasteiger partial charge in [-0.15, -0.1) is 10.6 Å². The number of piperidine rings is 1. The fourth-order valence-electron chi connectivity index (χ4n) is 4.22. The largest absolute Gasteiger partial charge is 0.405 e. The van der Waals surface area contributed by atoms with E-state index in [-0.39, 0.29) is 5.92 Å².